The maximum absolute atomic E-state index is 5.91. The lowest BCUT2D eigenvalue weighted by Gasteiger charge is -2.46. The van der Waals surface area contributed by atoms with E-state index in [-0.39, 0.29) is 0 Å². The predicted molar refractivity (Wildman–Crippen MR) is 66.9 cm³/mol. The first-order valence-electron chi connectivity index (χ1n) is 6.59. The monoisotopic (exact) mass is 212 g/mol. The molecule has 1 aliphatic heterocycles. The van der Waals surface area contributed by atoms with Crippen LogP contribution in [0.15, 0.2) is 0 Å². The molecule has 0 aromatic carbocycles. The lowest BCUT2D eigenvalue weighted by molar-refractivity contribution is 0.0273. The average molecular weight is 212 g/mol. The Balaban J connectivity index is 2.75. The van der Waals surface area contributed by atoms with Gasteiger partial charge in [-0.1, -0.05) is 27.2 Å². The molecule has 0 aliphatic carbocycles. The highest BCUT2D eigenvalue weighted by molar-refractivity contribution is 4.88. The molecule has 90 valence electrons. The van der Waals surface area contributed by atoms with Gasteiger partial charge in [0.25, 0.3) is 0 Å². The Bertz CT molecular complexity index is 179. The van der Waals surface area contributed by atoms with Crippen molar-refractivity contribution in [1.29, 1.82) is 0 Å². The lowest BCUT2D eigenvalue weighted by atomic mass is 9.89. The van der Waals surface area contributed by atoms with E-state index in [1.165, 1.54) is 25.7 Å². The fourth-order valence-corrected chi connectivity index (χ4v) is 3.17. The minimum atomic E-state index is 0.626. The van der Waals surface area contributed by atoms with Crippen LogP contribution in [0.4, 0.5) is 0 Å². The third kappa shape index (κ3) is 2.94. The Morgan fingerprint density at radius 2 is 2.00 bits per heavy atom. The zero-order valence-corrected chi connectivity index (χ0v) is 10.9. The predicted octanol–water partition coefficient (Wildman–Crippen LogP) is 2.62. The van der Waals surface area contributed by atoms with Crippen molar-refractivity contribution < 1.29 is 0 Å². The van der Waals surface area contributed by atoms with Crippen molar-refractivity contribution in [3.05, 3.63) is 0 Å². The standard InChI is InChI=1S/C13H28N2/c1-5-13(10(2)3)15-11(4)7-6-8-12(15)9-14/h10-13H,5-9,14H2,1-4H3. The quantitative estimate of drug-likeness (QED) is 0.776. The zero-order chi connectivity index (χ0) is 11.4. The summed E-state index contributed by atoms with van der Waals surface area (Å²) in [5.74, 6) is 0.740. The van der Waals surface area contributed by atoms with Crippen LogP contribution in [0.1, 0.15) is 53.4 Å². The van der Waals surface area contributed by atoms with Gasteiger partial charge < -0.3 is 5.73 Å². The van der Waals surface area contributed by atoms with Gasteiger partial charge in [-0.05, 0) is 32.1 Å². The van der Waals surface area contributed by atoms with Crippen LogP contribution in [-0.2, 0) is 0 Å². The van der Waals surface area contributed by atoms with Crippen molar-refractivity contribution in [2.75, 3.05) is 6.54 Å². The molecule has 0 amide bonds. The van der Waals surface area contributed by atoms with E-state index in [2.05, 4.69) is 32.6 Å². The fourth-order valence-electron chi connectivity index (χ4n) is 3.17. The van der Waals surface area contributed by atoms with E-state index in [1.54, 1.807) is 0 Å². The number of nitrogens with zero attached hydrogens (tertiary/aromatic N) is 1. The van der Waals surface area contributed by atoms with E-state index >= 15 is 0 Å². The minimum Gasteiger partial charge on any atom is -0.329 e. The smallest absolute Gasteiger partial charge is 0.0224 e. The summed E-state index contributed by atoms with van der Waals surface area (Å²) in [4.78, 5) is 2.70. The molecule has 15 heavy (non-hydrogen) atoms. The third-order valence-electron chi connectivity index (χ3n) is 3.93. The maximum atomic E-state index is 5.91. The topological polar surface area (TPSA) is 29.3 Å². The van der Waals surface area contributed by atoms with Crippen LogP contribution in [0.3, 0.4) is 0 Å². The van der Waals surface area contributed by atoms with Gasteiger partial charge in [0, 0.05) is 24.7 Å². The fraction of sp³-hybridized carbons (Fsp3) is 1.00. The summed E-state index contributed by atoms with van der Waals surface area (Å²) in [6.45, 7) is 10.2. The molecule has 2 N–H and O–H groups in total. The van der Waals surface area contributed by atoms with Crippen molar-refractivity contribution in [2.24, 2.45) is 11.7 Å². The summed E-state index contributed by atoms with van der Waals surface area (Å²) >= 11 is 0. The third-order valence-corrected chi connectivity index (χ3v) is 3.93. The second-order valence-corrected chi connectivity index (χ2v) is 5.34. The van der Waals surface area contributed by atoms with Crippen LogP contribution in [0.2, 0.25) is 0 Å². The molecule has 2 heteroatoms. The van der Waals surface area contributed by atoms with Crippen LogP contribution in [0, 0.1) is 5.92 Å². The molecule has 1 saturated heterocycles. The summed E-state index contributed by atoms with van der Waals surface area (Å²) in [5.41, 5.74) is 5.91. The largest absolute Gasteiger partial charge is 0.329 e. The number of nitrogens with two attached hydrogens (primary N) is 1. The van der Waals surface area contributed by atoms with Crippen molar-refractivity contribution >= 4 is 0 Å². The molecule has 0 aromatic heterocycles. The first-order valence-corrected chi connectivity index (χ1v) is 6.59. The molecule has 0 spiro atoms. The zero-order valence-electron chi connectivity index (χ0n) is 10.9. The number of hydrogen-bond donors (Lipinski definition) is 1. The van der Waals surface area contributed by atoms with Crippen LogP contribution in [-0.4, -0.2) is 29.6 Å². The molecule has 0 bridgehead atoms. The highest BCUT2D eigenvalue weighted by atomic mass is 15.2. The van der Waals surface area contributed by atoms with E-state index in [4.69, 9.17) is 5.73 Å². The molecule has 0 saturated carbocycles. The van der Waals surface area contributed by atoms with Gasteiger partial charge in [-0.3, -0.25) is 4.90 Å². The maximum Gasteiger partial charge on any atom is 0.0224 e. The molecule has 1 fully saturated rings. The first kappa shape index (κ1) is 13.0. The average Bonchev–Trinajstić information content (AvgIpc) is 2.21. The van der Waals surface area contributed by atoms with Gasteiger partial charge in [-0.25, -0.2) is 0 Å². The van der Waals surface area contributed by atoms with E-state index in [0.29, 0.717) is 12.1 Å². The Labute approximate surface area is 95.2 Å². The Morgan fingerprint density at radius 3 is 2.47 bits per heavy atom. The number of likely N-dealkylation sites (tertiary alicyclic amines) is 1. The molecule has 1 aliphatic rings. The molecule has 0 radical (unpaired) electrons. The van der Waals surface area contributed by atoms with Crippen LogP contribution in [0.5, 0.6) is 0 Å². The number of hydrogen-bond acceptors (Lipinski definition) is 2. The highest BCUT2D eigenvalue weighted by Crippen LogP contribution is 2.28. The Kier molecular flexibility index (Phi) is 5.07. The van der Waals surface area contributed by atoms with Crippen molar-refractivity contribution in [1.82, 2.24) is 4.90 Å². The SMILES string of the molecule is CCC(C(C)C)N1C(C)CCCC1CN. The highest BCUT2D eigenvalue weighted by Gasteiger charge is 2.32. The molecular weight excluding hydrogens is 184 g/mol. The number of rotatable bonds is 4. The molecule has 1 heterocycles. The van der Waals surface area contributed by atoms with Crippen LogP contribution in [0.25, 0.3) is 0 Å². The van der Waals surface area contributed by atoms with Gasteiger partial charge in [0.05, 0.1) is 0 Å². The summed E-state index contributed by atoms with van der Waals surface area (Å²) in [5, 5.41) is 0. The summed E-state index contributed by atoms with van der Waals surface area (Å²) in [7, 11) is 0. The van der Waals surface area contributed by atoms with Gasteiger partial charge in [0.1, 0.15) is 0 Å². The summed E-state index contributed by atoms with van der Waals surface area (Å²) < 4.78 is 0. The van der Waals surface area contributed by atoms with E-state index in [0.717, 1.165) is 18.5 Å². The molecular formula is C13H28N2. The Morgan fingerprint density at radius 1 is 1.33 bits per heavy atom. The van der Waals surface area contributed by atoms with E-state index in [9.17, 15) is 0 Å². The number of piperidine rings is 1. The normalized spacial score (nSPS) is 30.8. The van der Waals surface area contributed by atoms with Crippen LogP contribution < -0.4 is 5.73 Å². The molecule has 2 nitrogen and oxygen atoms in total. The van der Waals surface area contributed by atoms with Crippen molar-refractivity contribution in [2.45, 2.75) is 71.5 Å². The van der Waals surface area contributed by atoms with Crippen LogP contribution >= 0.6 is 0 Å². The summed E-state index contributed by atoms with van der Waals surface area (Å²) in [6.07, 6.45) is 5.25. The lowest BCUT2D eigenvalue weighted by Crippen LogP contribution is -2.55. The van der Waals surface area contributed by atoms with Gasteiger partial charge in [-0.2, -0.15) is 0 Å². The van der Waals surface area contributed by atoms with Gasteiger partial charge in [0.15, 0.2) is 0 Å². The Hall–Kier alpha value is -0.0800. The molecule has 1 rings (SSSR count). The molecule has 0 aromatic rings. The van der Waals surface area contributed by atoms with Gasteiger partial charge in [-0.15, -0.1) is 0 Å². The van der Waals surface area contributed by atoms with Gasteiger partial charge >= 0.3 is 0 Å². The summed E-state index contributed by atoms with van der Waals surface area (Å²) in [6, 6.07) is 2.06. The second-order valence-electron chi connectivity index (χ2n) is 5.34. The second kappa shape index (κ2) is 5.86. The van der Waals surface area contributed by atoms with E-state index < -0.39 is 0 Å². The minimum absolute atomic E-state index is 0.626. The molecule has 3 atom stereocenters. The molecule has 3 unspecified atom stereocenters. The first-order chi connectivity index (χ1) is 7.11. The van der Waals surface area contributed by atoms with Gasteiger partial charge in [0.2, 0.25) is 0 Å². The van der Waals surface area contributed by atoms with Crippen molar-refractivity contribution in [3.63, 3.8) is 0 Å². The van der Waals surface area contributed by atoms with E-state index in [1.807, 2.05) is 0 Å². The van der Waals surface area contributed by atoms with Crippen molar-refractivity contribution in [3.8, 4) is 0 Å².